The number of ether oxygens (including phenoxy) is 1. The van der Waals surface area contributed by atoms with Gasteiger partial charge in [-0.25, -0.2) is 9.78 Å². The van der Waals surface area contributed by atoms with Crippen LogP contribution in [0.4, 0.5) is 23.1 Å². The highest BCUT2D eigenvalue weighted by Gasteiger charge is 2.13. The minimum atomic E-state index is -0.414. The minimum absolute atomic E-state index is 0.296. The summed E-state index contributed by atoms with van der Waals surface area (Å²) in [6.07, 6.45) is 1.60. The fraction of sp³-hybridized carbons (Fsp3) is 0.100. The van der Waals surface area contributed by atoms with Crippen molar-refractivity contribution in [3.8, 4) is 6.07 Å². The molecule has 0 fully saturated rings. The average molecular weight is 359 g/mol. The first kappa shape index (κ1) is 17.9. The van der Waals surface area contributed by atoms with Gasteiger partial charge >= 0.3 is 5.97 Å². The van der Waals surface area contributed by atoms with Gasteiger partial charge < -0.3 is 15.4 Å². The number of rotatable bonds is 6. The molecule has 2 N–H and O–H groups in total. The molecule has 3 rings (SSSR count). The molecule has 0 bridgehead atoms. The third-order valence-corrected chi connectivity index (χ3v) is 3.59. The van der Waals surface area contributed by atoms with Crippen molar-refractivity contribution >= 4 is 29.1 Å². The van der Waals surface area contributed by atoms with Crippen molar-refractivity contribution in [3.63, 3.8) is 0 Å². The van der Waals surface area contributed by atoms with E-state index in [9.17, 15) is 4.79 Å². The van der Waals surface area contributed by atoms with E-state index in [1.807, 2.05) is 6.07 Å². The molecule has 1 aromatic heterocycles. The monoisotopic (exact) mass is 359 g/mol. The predicted octanol–water partition coefficient (Wildman–Crippen LogP) is 4.01. The van der Waals surface area contributed by atoms with Gasteiger partial charge in [0.2, 0.25) is 5.95 Å². The third kappa shape index (κ3) is 4.58. The molecule has 7 nitrogen and oxygen atoms in total. The standard InChI is InChI=1S/C20H17N5O2/c1-2-27-19(26)16-8-3-4-9-17(16)24-20-22-11-10-18(25-20)23-15-7-5-6-14(12-15)13-21/h3-12H,2H2,1H3,(H2,22,23,24,25). The summed E-state index contributed by atoms with van der Waals surface area (Å²) in [5, 5.41) is 15.2. The van der Waals surface area contributed by atoms with Gasteiger partial charge in [-0.2, -0.15) is 10.2 Å². The Kier molecular flexibility index (Phi) is 5.60. The van der Waals surface area contributed by atoms with E-state index in [-0.39, 0.29) is 0 Å². The molecule has 0 saturated heterocycles. The van der Waals surface area contributed by atoms with E-state index >= 15 is 0 Å². The number of nitrogens with one attached hydrogen (secondary N) is 2. The molecule has 2 aromatic carbocycles. The van der Waals surface area contributed by atoms with Gasteiger partial charge in [-0.1, -0.05) is 18.2 Å². The summed E-state index contributed by atoms with van der Waals surface area (Å²) in [5.74, 6) is 0.465. The van der Waals surface area contributed by atoms with Gasteiger partial charge in [0.25, 0.3) is 0 Å². The van der Waals surface area contributed by atoms with Crippen molar-refractivity contribution in [2.45, 2.75) is 6.92 Å². The molecule has 1 heterocycles. The molecule has 0 unspecified atom stereocenters. The Bertz CT molecular complexity index is 997. The number of nitriles is 1. The molecule has 134 valence electrons. The average Bonchev–Trinajstić information content (AvgIpc) is 2.69. The van der Waals surface area contributed by atoms with Gasteiger partial charge in [-0.05, 0) is 43.3 Å². The zero-order valence-corrected chi connectivity index (χ0v) is 14.6. The molecular weight excluding hydrogens is 342 g/mol. The summed E-state index contributed by atoms with van der Waals surface area (Å²) < 4.78 is 5.07. The molecule has 27 heavy (non-hydrogen) atoms. The summed E-state index contributed by atoms with van der Waals surface area (Å²) in [6.45, 7) is 2.05. The number of anilines is 4. The molecular formula is C20H17N5O2. The molecule has 0 spiro atoms. The van der Waals surface area contributed by atoms with Gasteiger partial charge in [-0.3, -0.25) is 0 Å². The smallest absolute Gasteiger partial charge is 0.340 e. The number of carbonyl (C=O) groups is 1. The number of para-hydroxylation sites is 1. The van der Waals surface area contributed by atoms with Crippen molar-refractivity contribution in [1.29, 1.82) is 5.26 Å². The van der Waals surface area contributed by atoms with Crippen molar-refractivity contribution in [2.24, 2.45) is 0 Å². The van der Waals surface area contributed by atoms with Crippen LogP contribution in [0.1, 0.15) is 22.8 Å². The Morgan fingerprint density at radius 1 is 1.15 bits per heavy atom. The lowest BCUT2D eigenvalue weighted by atomic mass is 10.2. The molecule has 0 radical (unpaired) electrons. The number of esters is 1. The molecule has 0 aliphatic heterocycles. The second kappa shape index (κ2) is 8.45. The Balaban J connectivity index is 1.81. The first-order chi connectivity index (χ1) is 13.2. The maximum absolute atomic E-state index is 12.1. The molecule has 0 atom stereocenters. The third-order valence-electron chi connectivity index (χ3n) is 3.59. The Morgan fingerprint density at radius 2 is 2.00 bits per heavy atom. The van der Waals surface area contributed by atoms with Crippen molar-refractivity contribution in [3.05, 3.63) is 71.9 Å². The van der Waals surface area contributed by atoms with Gasteiger partial charge in [0, 0.05) is 11.9 Å². The van der Waals surface area contributed by atoms with Gasteiger partial charge in [0.1, 0.15) is 5.82 Å². The lowest BCUT2D eigenvalue weighted by Gasteiger charge is -2.11. The van der Waals surface area contributed by atoms with E-state index in [4.69, 9.17) is 10.00 Å². The molecule has 3 aromatic rings. The van der Waals surface area contributed by atoms with E-state index < -0.39 is 5.97 Å². The molecule has 0 aliphatic carbocycles. The zero-order valence-electron chi connectivity index (χ0n) is 14.6. The Labute approximate surface area is 156 Å². The van der Waals surface area contributed by atoms with E-state index in [1.54, 1.807) is 61.7 Å². The van der Waals surface area contributed by atoms with Crippen LogP contribution in [0.15, 0.2) is 60.8 Å². The van der Waals surface area contributed by atoms with Crippen LogP contribution in [0.5, 0.6) is 0 Å². The largest absolute Gasteiger partial charge is 0.462 e. The number of benzene rings is 2. The first-order valence-electron chi connectivity index (χ1n) is 8.33. The van der Waals surface area contributed by atoms with Crippen molar-refractivity contribution < 1.29 is 9.53 Å². The molecule has 0 saturated carbocycles. The van der Waals surface area contributed by atoms with Crippen LogP contribution in [0.2, 0.25) is 0 Å². The number of nitrogens with zero attached hydrogens (tertiary/aromatic N) is 3. The van der Waals surface area contributed by atoms with Crippen LogP contribution in [0.25, 0.3) is 0 Å². The van der Waals surface area contributed by atoms with Crippen molar-refractivity contribution in [1.82, 2.24) is 9.97 Å². The highest BCUT2D eigenvalue weighted by atomic mass is 16.5. The normalized spacial score (nSPS) is 9.93. The fourth-order valence-electron chi connectivity index (χ4n) is 2.40. The second-order valence-electron chi connectivity index (χ2n) is 5.47. The second-order valence-corrected chi connectivity index (χ2v) is 5.47. The van der Waals surface area contributed by atoms with Crippen LogP contribution in [-0.2, 0) is 4.74 Å². The van der Waals surface area contributed by atoms with Crippen LogP contribution in [-0.4, -0.2) is 22.5 Å². The number of hydrogen-bond donors (Lipinski definition) is 2. The zero-order chi connectivity index (χ0) is 19.1. The summed E-state index contributed by atoms with van der Waals surface area (Å²) >= 11 is 0. The maximum atomic E-state index is 12.1. The van der Waals surface area contributed by atoms with Crippen LogP contribution in [0, 0.1) is 11.3 Å². The van der Waals surface area contributed by atoms with E-state index in [0.29, 0.717) is 35.2 Å². The highest BCUT2D eigenvalue weighted by Crippen LogP contribution is 2.21. The summed E-state index contributed by atoms with van der Waals surface area (Å²) in [4.78, 5) is 20.7. The lowest BCUT2D eigenvalue weighted by molar-refractivity contribution is 0.0527. The number of carbonyl (C=O) groups excluding carboxylic acids is 1. The van der Waals surface area contributed by atoms with Crippen LogP contribution in [0.3, 0.4) is 0 Å². The number of hydrogen-bond acceptors (Lipinski definition) is 7. The van der Waals surface area contributed by atoms with E-state index in [0.717, 1.165) is 5.69 Å². The lowest BCUT2D eigenvalue weighted by Crippen LogP contribution is -2.09. The number of aromatic nitrogens is 2. The molecule has 0 amide bonds. The molecule has 7 heteroatoms. The van der Waals surface area contributed by atoms with E-state index in [2.05, 4.69) is 26.7 Å². The maximum Gasteiger partial charge on any atom is 0.340 e. The predicted molar refractivity (Wildman–Crippen MR) is 102 cm³/mol. The Morgan fingerprint density at radius 3 is 2.81 bits per heavy atom. The Hall–Kier alpha value is -3.92. The van der Waals surface area contributed by atoms with Gasteiger partial charge in [0.05, 0.1) is 29.5 Å². The summed E-state index contributed by atoms with van der Waals surface area (Å²) in [5.41, 5.74) is 2.25. The first-order valence-corrected chi connectivity index (χ1v) is 8.33. The molecule has 0 aliphatic rings. The highest BCUT2D eigenvalue weighted by molar-refractivity contribution is 5.96. The summed E-state index contributed by atoms with van der Waals surface area (Å²) in [7, 11) is 0. The topological polar surface area (TPSA) is 99.9 Å². The van der Waals surface area contributed by atoms with Crippen LogP contribution >= 0.6 is 0 Å². The van der Waals surface area contributed by atoms with Crippen molar-refractivity contribution in [2.75, 3.05) is 17.2 Å². The van der Waals surface area contributed by atoms with Gasteiger partial charge in [-0.15, -0.1) is 0 Å². The SMILES string of the molecule is CCOC(=O)c1ccccc1Nc1nccc(Nc2cccc(C#N)c2)n1. The fourth-order valence-corrected chi connectivity index (χ4v) is 2.40. The quantitative estimate of drug-likeness (QED) is 0.641. The van der Waals surface area contributed by atoms with E-state index in [1.165, 1.54) is 0 Å². The summed E-state index contributed by atoms with van der Waals surface area (Å²) in [6, 6.07) is 17.9. The van der Waals surface area contributed by atoms with Gasteiger partial charge in [0.15, 0.2) is 0 Å². The van der Waals surface area contributed by atoms with Crippen LogP contribution < -0.4 is 10.6 Å². The minimum Gasteiger partial charge on any atom is -0.462 e.